The number of nitrogens with zero attached hydrogens (tertiary/aromatic N) is 2. The maximum absolute atomic E-state index is 12.8. The highest BCUT2D eigenvalue weighted by Gasteiger charge is 2.22. The van der Waals surface area contributed by atoms with E-state index in [1.165, 1.54) is 33.5 Å². The number of para-hydroxylation sites is 1. The van der Waals surface area contributed by atoms with Crippen LogP contribution in [0.15, 0.2) is 61.3 Å². The van der Waals surface area contributed by atoms with Crippen molar-refractivity contribution in [2.75, 3.05) is 26.3 Å². The summed E-state index contributed by atoms with van der Waals surface area (Å²) in [5.74, 6) is 8.13. The van der Waals surface area contributed by atoms with Gasteiger partial charge in [-0.2, -0.15) is 0 Å². The fourth-order valence-corrected chi connectivity index (χ4v) is 3.05. The molecule has 0 aliphatic carbocycles. The minimum atomic E-state index is -0.845. The highest BCUT2D eigenvalue weighted by molar-refractivity contribution is 5.91. The molecule has 0 fully saturated rings. The van der Waals surface area contributed by atoms with E-state index in [4.69, 9.17) is 29.5 Å². The van der Waals surface area contributed by atoms with E-state index in [1.54, 1.807) is 42.6 Å². The average Bonchev–Trinajstić information content (AvgIpc) is 2.84. The number of nitrogens with two attached hydrogens (primary N) is 1. The lowest BCUT2D eigenvalue weighted by Crippen LogP contribution is -2.40. The Bertz CT molecular complexity index is 1140. The van der Waals surface area contributed by atoms with Gasteiger partial charge in [-0.05, 0) is 31.2 Å². The number of rotatable bonds is 8. The first-order valence-electron chi connectivity index (χ1n) is 9.84. The fourth-order valence-electron chi connectivity index (χ4n) is 3.05. The van der Waals surface area contributed by atoms with E-state index >= 15 is 0 Å². The van der Waals surface area contributed by atoms with Crippen molar-refractivity contribution in [2.24, 2.45) is 5.84 Å². The van der Waals surface area contributed by atoms with Gasteiger partial charge >= 0.3 is 6.09 Å². The van der Waals surface area contributed by atoms with Gasteiger partial charge in [-0.25, -0.2) is 15.6 Å². The summed E-state index contributed by atoms with van der Waals surface area (Å²) in [6.45, 7) is 5.80. The van der Waals surface area contributed by atoms with Crippen molar-refractivity contribution in [1.82, 2.24) is 4.98 Å². The molecule has 0 radical (unpaired) electrons. The number of hydrazine groups is 1. The topological polar surface area (TPSA) is 105 Å². The molecule has 0 spiro atoms. The number of benzene rings is 2. The predicted octanol–water partition coefficient (Wildman–Crippen LogP) is 4.34. The summed E-state index contributed by atoms with van der Waals surface area (Å²) in [6.07, 6.45) is 0.821. The maximum atomic E-state index is 12.8. The Morgan fingerprint density at radius 1 is 0.939 bits per heavy atom. The van der Waals surface area contributed by atoms with E-state index < -0.39 is 6.09 Å². The van der Waals surface area contributed by atoms with Crippen molar-refractivity contribution < 1.29 is 28.5 Å². The number of pyridine rings is 1. The second kappa shape index (κ2) is 10.4. The number of carbonyl (C=O) groups is 1. The lowest BCUT2D eigenvalue weighted by molar-refractivity contribution is 0.207. The second-order valence-corrected chi connectivity index (χ2v) is 6.73. The molecule has 1 heterocycles. The van der Waals surface area contributed by atoms with E-state index in [-0.39, 0.29) is 11.5 Å². The number of carbonyl (C=O) groups excluding carboxylic acids is 1. The van der Waals surface area contributed by atoms with Gasteiger partial charge in [-0.3, -0.25) is 4.98 Å². The Morgan fingerprint density at radius 2 is 1.61 bits per heavy atom. The molecule has 33 heavy (non-hydrogen) atoms. The number of hydrogen-bond acceptors (Lipinski definition) is 8. The summed E-state index contributed by atoms with van der Waals surface area (Å²) >= 11 is 0. The van der Waals surface area contributed by atoms with Gasteiger partial charge in [0.1, 0.15) is 17.3 Å². The first-order chi connectivity index (χ1) is 15.9. The van der Waals surface area contributed by atoms with Crippen molar-refractivity contribution in [1.29, 1.82) is 0 Å². The summed E-state index contributed by atoms with van der Waals surface area (Å²) in [7, 11) is 4.40. The maximum Gasteiger partial charge on any atom is 0.434 e. The molecular weight excluding hydrogens is 426 g/mol. The normalized spacial score (nSPS) is 10.2. The van der Waals surface area contributed by atoms with E-state index in [0.29, 0.717) is 39.9 Å². The Labute approximate surface area is 191 Å². The molecule has 172 valence electrons. The molecule has 0 atom stereocenters. The first-order valence-corrected chi connectivity index (χ1v) is 9.84. The predicted molar refractivity (Wildman–Crippen MR) is 124 cm³/mol. The molecule has 0 aliphatic rings. The molecule has 3 aromatic rings. The van der Waals surface area contributed by atoms with Gasteiger partial charge in [0.15, 0.2) is 11.5 Å². The smallest absolute Gasteiger partial charge is 0.434 e. The molecule has 3 rings (SSSR count). The van der Waals surface area contributed by atoms with Crippen LogP contribution in [0.4, 0.5) is 10.5 Å². The van der Waals surface area contributed by atoms with Crippen LogP contribution in [-0.2, 0) is 0 Å². The minimum absolute atomic E-state index is 0.156. The standard InChI is InChI=1S/C24H25N3O6/c1-15-20(11-8-12-26-15)32-16(2)18-9-6-7-10-19(18)27(25)24(28)33-17-13-21(29-3)23(31-5)22(14-17)30-4/h6-14H,2,25H2,1,3-5H3. The van der Waals surface area contributed by atoms with Crippen LogP contribution in [0.1, 0.15) is 11.3 Å². The molecule has 1 aromatic heterocycles. The molecule has 0 bridgehead atoms. The zero-order valence-corrected chi connectivity index (χ0v) is 18.8. The van der Waals surface area contributed by atoms with Gasteiger partial charge in [0.05, 0.1) is 32.7 Å². The summed E-state index contributed by atoms with van der Waals surface area (Å²) < 4.78 is 27.2. The number of aromatic nitrogens is 1. The second-order valence-electron chi connectivity index (χ2n) is 6.73. The fraction of sp³-hybridized carbons (Fsp3) is 0.167. The molecular formula is C24H25N3O6. The van der Waals surface area contributed by atoms with E-state index in [9.17, 15) is 4.79 Å². The van der Waals surface area contributed by atoms with Crippen molar-refractivity contribution in [2.45, 2.75) is 6.92 Å². The van der Waals surface area contributed by atoms with E-state index in [1.807, 2.05) is 6.92 Å². The summed E-state index contributed by atoms with van der Waals surface area (Å²) in [6, 6.07) is 13.4. The van der Waals surface area contributed by atoms with Gasteiger partial charge in [0.2, 0.25) is 5.75 Å². The van der Waals surface area contributed by atoms with E-state index in [2.05, 4.69) is 11.6 Å². The first kappa shape index (κ1) is 23.4. The highest BCUT2D eigenvalue weighted by Crippen LogP contribution is 2.41. The van der Waals surface area contributed by atoms with E-state index in [0.717, 1.165) is 5.01 Å². The van der Waals surface area contributed by atoms with Crippen LogP contribution in [-0.4, -0.2) is 32.4 Å². The summed E-state index contributed by atoms with van der Waals surface area (Å²) in [5.41, 5.74) is 1.54. The zero-order valence-electron chi connectivity index (χ0n) is 18.8. The zero-order chi connectivity index (χ0) is 24.0. The summed E-state index contributed by atoms with van der Waals surface area (Å²) in [4.78, 5) is 17.0. The van der Waals surface area contributed by atoms with Crippen LogP contribution >= 0.6 is 0 Å². The third kappa shape index (κ3) is 5.16. The van der Waals surface area contributed by atoms with Gasteiger partial charge in [0, 0.05) is 23.9 Å². The minimum Gasteiger partial charge on any atom is -0.493 e. The molecule has 0 unspecified atom stereocenters. The number of ether oxygens (including phenoxy) is 5. The largest absolute Gasteiger partial charge is 0.493 e. The number of anilines is 1. The Morgan fingerprint density at radius 3 is 2.21 bits per heavy atom. The molecule has 2 N–H and O–H groups in total. The van der Waals surface area contributed by atoms with Gasteiger partial charge in [-0.15, -0.1) is 0 Å². The van der Waals surface area contributed by atoms with Gasteiger partial charge in [0.25, 0.3) is 0 Å². The quantitative estimate of drug-likeness (QED) is 0.233. The Balaban J connectivity index is 1.85. The molecule has 9 heteroatoms. The van der Waals surface area contributed by atoms with Crippen molar-refractivity contribution >= 4 is 17.5 Å². The van der Waals surface area contributed by atoms with Crippen LogP contribution in [0.2, 0.25) is 0 Å². The molecule has 0 saturated heterocycles. The van der Waals surface area contributed by atoms with Crippen LogP contribution in [0.25, 0.3) is 5.76 Å². The van der Waals surface area contributed by atoms with Crippen molar-refractivity contribution in [3.05, 3.63) is 72.6 Å². The number of hydrogen-bond donors (Lipinski definition) is 1. The van der Waals surface area contributed by atoms with Gasteiger partial charge < -0.3 is 23.7 Å². The molecule has 0 saturated carbocycles. The van der Waals surface area contributed by atoms with Crippen LogP contribution in [0.5, 0.6) is 28.7 Å². The number of amides is 1. The summed E-state index contributed by atoms with van der Waals surface area (Å²) in [5, 5.41) is 0.864. The monoisotopic (exact) mass is 451 g/mol. The SMILES string of the molecule is C=C(Oc1cccnc1C)c1ccccc1N(N)C(=O)Oc1cc(OC)c(OC)c(OC)c1. The number of methoxy groups -OCH3 is 3. The van der Waals surface area contributed by atoms with Gasteiger partial charge in [-0.1, -0.05) is 18.7 Å². The third-order valence-corrected chi connectivity index (χ3v) is 4.70. The number of aryl methyl sites for hydroxylation is 1. The lowest BCUT2D eigenvalue weighted by atomic mass is 10.1. The molecule has 1 amide bonds. The van der Waals surface area contributed by atoms with Crippen molar-refractivity contribution in [3.8, 4) is 28.7 Å². The van der Waals surface area contributed by atoms with Crippen LogP contribution < -0.4 is 34.5 Å². The molecule has 2 aromatic carbocycles. The molecule has 0 aliphatic heterocycles. The highest BCUT2D eigenvalue weighted by atomic mass is 16.6. The van der Waals surface area contributed by atoms with Crippen molar-refractivity contribution in [3.63, 3.8) is 0 Å². The average molecular weight is 451 g/mol. The van der Waals surface area contributed by atoms with Crippen LogP contribution in [0.3, 0.4) is 0 Å². The Hall–Kier alpha value is -4.24. The van der Waals surface area contributed by atoms with Crippen LogP contribution in [0, 0.1) is 6.92 Å². The third-order valence-electron chi connectivity index (χ3n) is 4.70. The lowest BCUT2D eigenvalue weighted by Gasteiger charge is -2.21. The molecule has 9 nitrogen and oxygen atoms in total. The Kier molecular flexibility index (Phi) is 7.37.